The van der Waals surface area contributed by atoms with Crippen LogP contribution in [0.2, 0.25) is 0 Å². The number of hydrogen-bond donors (Lipinski definition) is 3. The van der Waals surface area contributed by atoms with E-state index in [0.717, 1.165) is 12.0 Å². The van der Waals surface area contributed by atoms with Crippen LogP contribution >= 0.6 is 12.6 Å². The molecule has 0 heterocycles. The molecule has 2 rings (SSSR count). The van der Waals surface area contributed by atoms with Crippen LogP contribution in [0.5, 0.6) is 11.5 Å². The molecule has 0 unspecified atom stereocenters. The molecule has 4 nitrogen and oxygen atoms in total. The normalized spacial score (nSPS) is 9.36. The van der Waals surface area contributed by atoms with E-state index in [4.69, 9.17) is 9.84 Å². The zero-order valence-electron chi connectivity index (χ0n) is 12.2. The summed E-state index contributed by atoms with van der Waals surface area (Å²) in [6.07, 6.45) is 2.60. The molecule has 2 aromatic rings. The van der Waals surface area contributed by atoms with Crippen molar-refractivity contribution in [1.29, 1.82) is 0 Å². The third kappa shape index (κ3) is 5.18. The number of phenolic OH excluding ortho intramolecular Hbond substituents is 1. The average molecular weight is 318 g/mol. The molecule has 0 fully saturated rings. The predicted octanol–water partition coefficient (Wildman–Crippen LogP) is 3.80. The number of thiol groups is 1. The van der Waals surface area contributed by atoms with E-state index in [0.29, 0.717) is 10.6 Å². The summed E-state index contributed by atoms with van der Waals surface area (Å²) in [5.74, 6) is -0.259. The molecule has 0 aliphatic carbocycles. The first kappa shape index (κ1) is 17.7. The van der Waals surface area contributed by atoms with Crippen LogP contribution in [0.1, 0.15) is 15.9 Å². The summed E-state index contributed by atoms with van der Waals surface area (Å²) in [7, 11) is 1.53. The highest BCUT2D eigenvalue weighted by atomic mass is 32.1. The predicted molar refractivity (Wildman–Crippen MR) is 89.2 cm³/mol. The van der Waals surface area contributed by atoms with Crippen LogP contribution in [-0.2, 0) is 6.42 Å². The van der Waals surface area contributed by atoms with Crippen LogP contribution in [0.3, 0.4) is 0 Å². The van der Waals surface area contributed by atoms with Crippen molar-refractivity contribution in [2.45, 2.75) is 11.3 Å². The Morgan fingerprint density at radius 3 is 2.50 bits per heavy atom. The highest BCUT2D eigenvalue weighted by Crippen LogP contribution is 2.26. The molecular formula is C17H18O4S. The van der Waals surface area contributed by atoms with Crippen LogP contribution in [0.15, 0.2) is 60.0 Å². The van der Waals surface area contributed by atoms with Gasteiger partial charge < -0.3 is 14.9 Å². The number of hydrogen-bond acceptors (Lipinski definition) is 4. The van der Waals surface area contributed by atoms with Crippen molar-refractivity contribution in [1.82, 2.24) is 0 Å². The Bertz CT molecular complexity index is 653. The van der Waals surface area contributed by atoms with Crippen LogP contribution in [0, 0.1) is 0 Å². The zero-order valence-corrected chi connectivity index (χ0v) is 13.1. The maximum absolute atomic E-state index is 10.4. The lowest BCUT2D eigenvalue weighted by Gasteiger charge is -2.04. The average Bonchev–Trinajstić information content (AvgIpc) is 2.50. The number of methoxy groups -OCH3 is 1. The van der Waals surface area contributed by atoms with Gasteiger partial charge in [0.1, 0.15) is 0 Å². The Morgan fingerprint density at radius 2 is 2.00 bits per heavy atom. The van der Waals surface area contributed by atoms with Gasteiger partial charge in [0.15, 0.2) is 11.5 Å². The van der Waals surface area contributed by atoms with Crippen LogP contribution in [-0.4, -0.2) is 23.3 Å². The van der Waals surface area contributed by atoms with Gasteiger partial charge in [0, 0.05) is 4.90 Å². The first-order valence-electron chi connectivity index (χ1n) is 6.47. The molecule has 5 heteroatoms. The fourth-order valence-electron chi connectivity index (χ4n) is 1.67. The standard InChI is InChI=1S/C10H12O2.C7H6O2S/c1-3-4-8-5-6-9(11)10(7-8)12-2;8-7(9)5-3-1-2-4-6(5)10/h3,5-7,11H,1,4H2,2H3;1-4,10H,(H,8,9). The summed E-state index contributed by atoms with van der Waals surface area (Å²) in [6, 6.07) is 11.9. The van der Waals surface area contributed by atoms with Gasteiger partial charge in [-0.2, -0.15) is 0 Å². The smallest absolute Gasteiger partial charge is 0.336 e. The minimum absolute atomic E-state index is 0.172. The van der Waals surface area contributed by atoms with Gasteiger partial charge in [0.25, 0.3) is 0 Å². The van der Waals surface area contributed by atoms with Gasteiger partial charge >= 0.3 is 5.97 Å². The zero-order chi connectivity index (χ0) is 16.5. The van der Waals surface area contributed by atoms with Gasteiger partial charge in [0.2, 0.25) is 0 Å². The van der Waals surface area contributed by atoms with E-state index in [-0.39, 0.29) is 11.3 Å². The Kier molecular flexibility index (Phi) is 7.05. The van der Waals surface area contributed by atoms with Crippen molar-refractivity contribution in [3.8, 4) is 11.5 Å². The van der Waals surface area contributed by atoms with Gasteiger partial charge in [-0.05, 0) is 36.2 Å². The molecule has 116 valence electrons. The van der Waals surface area contributed by atoms with Gasteiger partial charge in [-0.1, -0.05) is 24.3 Å². The molecule has 0 aliphatic heterocycles. The number of aromatic hydroxyl groups is 1. The minimum Gasteiger partial charge on any atom is -0.504 e. The van der Waals surface area contributed by atoms with Crippen molar-refractivity contribution in [3.05, 3.63) is 66.2 Å². The van der Waals surface area contributed by atoms with E-state index >= 15 is 0 Å². The van der Waals surface area contributed by atoms with Crippen LogP contribution in [0.4, 0.5) is 0 Å². The Labute approximate surface area is 135 Å². The molecule has 0 bridgehead atoms. The molecule has 0 spiro atoms. The molecule has 2 N–H and O–H groups in total. The number of rotatable bonds is 4. The lowest BCUT2D eigenvalue weighted by Crippen LogP contribution is -1.96. The first-order chi connectivity index (χ1) is 10.5. The number of carboxylic acids is 1. The van der Waals surface area contributed by atoms with E-state index in [2.05, 4.69) is 19.2 Å². The molecule has 0 aliphatic rings. The maximum Gasteiger partial charge on any atom is 0.336 e. The summed E-state index contributed by atoms with van der Waals surface area (Å²) in [6.45, 7) is 3.63. The molecular weight excluding hydrogens is 300 g/mol. The second-order valence-electron chi connectivity index (χ2n) is 4.32. The molecule has 22 heavy (non-hydrogen) atoms. The van der Waals surface area contributed by atoms with Crippen molar-refractivity contribution < 1.29 is 19.7 Å². The second kappa shape index (κ2) is 8.79. The first-order valence-corrected chi connectivity index (χ1v) is 6.92. The van der Waals surface area contributed by atoms with Crippen molar-refractivity contribution >= 4 is 18.6 Å². The Hall–Kier alpha value is -2.40. The summed E-state index contributed by atoms with van der Waals surface area (Å²) >= 11 is 3.96. The number of carbonyl (C=O) groups is 1. The highest BCUT2D eigenvalue weighted by molar-refractivity contribution is 7.80. The molecule has 0 atom stereocenters. The van der Waals surface area contributed by atoms with Crippen molar-refractivity contribution in [3.63, 3.8) is 0 Å². The monoisotopic (exact) mass is 318 g/mol. The largest absolute Gasteiger partial charge is 0.504 e. The Morgan fingerprint density at radius 1 is 1.32 bits per heavy atom. The van der Waals surface area contributed by atoms with Crippen LogP contribution in [0.25, 0.3) is 0 Å². The molecule has 0 saturated heterocycles. The molecule has 0 aromatic heterocycles. The number of carboxylic acid groups (broad SMARTS) is 1. The molecule has 0 radical (unpaired) electrons. The van der Waals surface area contributed by atoms with E-state index < -0.39 is 5.97 Å². The topological polar surface area (TPSA) is 66.8 Å². The maximum atomic E-state index is 10.4. The second-order valence-corrected chi connectivity index (χ2v) is 4.80. The fraction of sp³-hybridized carbons (Fsp3) is 0.118. The number of aromatic carboxylic acids is 1. The van der Waals surface area contributed by atoms with E-state index in [9.17, 15) is 9.90 Å². The van der Waals surface area contributed by atoms with Gasteiger partial charge in [-0.15, -0.1) is 19.2 Å². The molecule has 0 amide bonds. The third-order valence-corrected chi connectivity index (χ3v) is 3.15. The summed E-state index contributed by atoms with van der Waals surface area (Å²) in [5, 5.41) is 17.8. The number of ether oxygens (including phenoxy) is 1. The lowest BCUT2D eigenvalue weighted by molar-refractivity contribution is 0.0693. The summed E-state index contributed by atoms with van der Waals surface area (Å²) < 4.78 is 4.95. The SMILES string of the molecule is C=CCc1ccc(O)c(OC)c1.O=C(O)c1ccccc1S. The lowest BCUT2D eigenvalue weighted by atomic mass is 10.1. The quantitative estimate of drug-likeness (QED) is 0.592. The van der Waals surface area contributed by atoms with E-state index in [1.807, 2.05) is 12.1 Å². The van der Waals surface area contributed by atoms with Crippen molar-refractivity contribution in [2.24, 2.45) is 0 Å². The van der Waals surface area contributed by atoms with Gasteiger partial charge in [0.05, 0.1) is 12.7 Å². The summed E-state index contributed by atoms with van der Waals surface area (Å²) in [4.78, 5) is 10.9. The number of phenols is 1. The fourth-order valence-corrected chi connectivity index (χ4v) is 1.93. The van der Waals surface area contributed by atoms with Gasteiger partial charge in [-0.25, -0.2) is 4.79 Å². The Balaban J connectivity index is 0.000000224. The van der Waals surface area contributed by atoms with Gasteiger partial charge in [-0.3, -0.25) is 0 Å². The highest BCUT2D eigenvalue weighted by Gasteiger charge is 2.03. The van der Waals surface area contributed by atoms with E-state index in [1.165, 1.54) is 13.2 Å². The third-order valence-electron chi connectivity index (χ3n) is 2.76. The van der Waals surface area contributed by atoms with Crippen molar-refractivity contribution in [2.75, 3.05) is 7.11 Å². The number of benzene rings is 2. The number of allylic oxidation sites excluding steroid dienone is 1. The minimum atomic E-state index is -0.939. The summed E-state index contributed by atoms with van der Waals surface area (Å²) in [5.41, 5.74) is 1.32. The van der Waals surface area contributed by atoms with E-state index in [1.54, 1.807) is 30.3 Å². The molecule has 2 aromatic carbocycles. The molecule has 0 saturated carbocycles. The van der Waals surface area contributed by atoms with Crippen LogP contribution < -0.4 is 4.74 Å².